The van der Waals surface area contributed by atoms with Crippen molar-refractivity contribution >= 4 is 0 Å². The molecule has 0 aromatic carbocycles. The molecule has 0 nitrogen and oxygen atoms in total. The topological polar surface area (TPSA) is 0 Å². The van der Waals surface area contributed by atoms with E-state index in [9.17, 15) is 4.39 Å². The monoisotopic (exact) mass is 388 g/mol. The van der Waals surface area contributed by atoms with Crippen molar-refractivity contribution in [1.82, 2.24) is 0 Å². The second kappa shape index (κ2) is 11.6. The number of hydrogen-bond donors (Lipinski definition) is 0. The van der Waals surface area contributed by atoms with Crippen LogP contribution in [-0.2, 0) is 0 Å². The smallest absolute Gasteiger partial charge is 0.0827 e. The van der Waals surface area contributed by atoms with Gasteiger partial charge in [-0.1, -0.05) is 63.2 Å². The van der Waals surface area contributed by atoms with Crippen molar-refractivity contribution in [2.75, 3.05) is 0 Å². The summed E-state index contributed by atoms with van der Waals surface area (Å²) in [5, 5.41) is 0. The fourth-order valence-electron chi connectivity index (χ4n) is 6.34. The van der Waals surface area contributed by atoms with E-state index in [1.807, 2.05) is 0 Å². The zero-order valence-electron chi connectivity index (χ0n) is 18.7. The molecule has 1 heteroatoms. The second-order valence-corrected chi connectivity index (χ2v) is 10.7. The third-order valence-electron chi connectivity index (χ3n) is 8.56. The Morgan fingerprint density at radius 3 is 1.86 bits per heavy atom. The molecule has 0 bridgehead atoms. The van der Waals surface area contributed by atoms with E-state index in [1.54, 1.807) is 11.6 Å². The van der Waals surface area contributed by atoms with Crippen LogP contribution in [0.15, 0.2) is 24.1 Å². The van der Waals surface area contributed by atoms with Gasteiger partial charge in [-0.05, 0) is 100 Å². The standard InChI is InChI=1S/C27H45F/c1-21-5-17-27(18-6-21)22(2)20-26-15-13-25(14-16-26)12-11-24-9-7-23(8-10-24)4-3-19-28/h3,19-21,23-27H,4-18H2,1-2H3/b19-3+,22-20+. The number of halogens is 1. The predicted molar refractivity (Wildman–Crippen MR) is 120 cm³/mol. The van der Waals surface area contributed by atoms with Crippen molar-refractivity contribution in [3.8, 4) is 0 Å². The molecule has 0 aromatic heterocycles. The Hall–Kier alpha value is -0.590. The Labute approximate surface area is 174 Å². The van der Waals surface area contributed by atoms with Crippen LogP contribution in [0.25, 0.3) is 0 Å². The van der Waals surface area contributed by atoms with Crippen LogP contribution in [0.3, 0.4) is 0 Å². The summed E-state index contributed by atoms with van der Waals surface area (Å²) in [6.07, 6.45) is 26.0. The van der Waals surface area contributed by atoms with Gasteiger partial charge in [0.05, 0.1) is 6.33 Å². The Balaban J connectivity index is 1.31. The first-order chi connectivity index (χ1) is 13.6. The normalized spacial score (nSPS) is 38.0. The number of rotatable bonds is 7. The largest absolute Gasteiger partial charge is 0.216 e. The quantitative estimate of drug-likeness (QED) is 0.382. The Kier molecular flexibility index (Phi) is 9.12. The fourth-order valence-corrected chi connectivity index (χ4v) is 6.34. The van der Waals surface area contributed by atoms with Crippen LogP contribution < -0.4 is 0 Å². The molecule has 3 saturated carbocycles. The highest BCUT2D eigenvalue weighted by atomic mass is 19.1. The van der Waals surface area contributed by atoms with E-state index in [2.05, 4.69) is 19.9 Å². The van der Waals surface area contributed by atoms with E-state index in [4.69, 9.17) is 0 Å². The number of allylic oxidation sites excluding steroid dienone is 3. The Bertz CT molecular complexity index is 480. The molecule has 28 heavy (non-hydrogen) atoms. The maximum Gasteiger partial charge on any atom is 0.0827 e. The molecule has 0 amide bonds. The molecule has 0 atom stereocenters. The third kappa shape index (κ3) is 7.03. The Morgan fingerprint density at radius 1 is 0.750 bits per heavy atom. The molecule has 0 N–H and O–H groups in total. The van der Waals surface area contributed by atoms with Gasteiger partial charge < -0.3 is 0 Å². The van der Waals surface area contributed by atoms with Crippen LogP contribution in [0.5, 0.6) is 0 Å². The SMILES string of the molecule is C/C(=C\C1CCC(CCC2CCC(C/C=C/F)CC2)CC1)C1CCC(C)CC1. The van der Waals surface area contributed by atoms with Gasteiger partial charge in [0, 0.05) is 0 Å². The molecule has 3 rings (SSSR count). The van der Waals surface area contributed by atoms with Gasteiger partial charge >= 0.3 is 0 Å². The van der Waals surface area contributed by atoms with E-state index in [0.717, 1.165) is 48.3 Å². The van der Waals surface area contributed by atoms with Gasteiger partial charge in [-0.3, -0.25) is 0 Å². The van der Waals surface area contributed by atoms with Gasteiger partial charge in [-0.25, -0.2) is 4.39 Å². The predicted octanol–water partition coefficient (Wildman–Crippen LogP) is 9.03. The van der Waals surface area contributed by atoms with Crippen molar-refractivity contribution in [3.63, 3.8) is 0 Å². The van der Waals surface area contributed by atoms with Crippen LogP contribution in [0.1, 0.15) is 110 Å². The van der Waals surface area contributed by atoms with Gasteiger partial charge in [-0.15, -0.1) is 0 Å². The van der Waals surface area contributed by atoms with Crippen molar-refractivity contribution in [2.24, 2.45) is 35.5 Å². The maximum absolute atomic E-state index is 12.2. The zero-order valence-corrected chi connectivity index (χ0v) is 18.7. The summed E-state index contributed by atoms with van der Waals surface area (Å²) in [4.78, 5) is 0. The second-order valence-electron chi connectivity index (χ2n) is 10.7. The zero-order chi connectivity index (χ0) is 19.8. The lowest BCUT2D eigenvalue weighted by molar-refractivity contribution is 0.227. The van der Waals surface area contributed by atoms with E-state index in [1.165, 1.54) is 89.9 Å². The lowest BCUT2D eigenvalue weighted by Crippen LogP contribution is -2.18. The lowest BCUT2D eigenvalue weighted by atomic mass is 9.74. The molecule has 0 unspecified atom stereocenters. The highest BCUT2D eigenvalue weighted by molar-refractivity contribution is 5.07. The molecule has 160 valence electrons. The van der Waals surface area contributed by atoms with Crippen LogP contribution >= 0.6 is 0 Å². The van der Waals surface area contributed by atoms with Gasteiger partial charge in [0.2, 0.25) is 0 Å². The third-order valence-corrected chi connectivity index (χ3v) is 8.56. The average Bonchev–Trinajstić information content (AvgIpc) is 2.73. The average molecular weight is 389 g/mol. The van der Waals surface area contributed by atoms with Gasteiger partial charge in [0.15, 0.2) is 0 Å². The lowest BCUT2D eigenvalue weighted by Gasteiger charge is -2.32. The summed E-state index contributed by atoms with van der Waals surface area (Å²) in [7, 11) is 0. The van der Waals surface area contributed by atoms with E-state index >= 15 is 0 Å². The first kappa shape index (κ1) is 22.1. The molecule has 0 spiro atoms. The first-order valence-electron chi connectivity index (χ1n) is 12.6. The van der Waals surface area contributed by atoms with E-state index in [-0.39, 0.29) is 0 Å². The molecular formula is C27H45F. The first-order valence-corrected chi connectivity index (χ1v) is 12.6. The Morgan fingerprint density at radius 2 is 1.29 bits per heavy atom. The van der Waals surface area contributed by atoms with E-state index in [0.29, 0.717) is 0 Å². The van der Waals surface area contributed by atoms with Gasteiger partial charge in [0.25, 0.3) is 0 Å². The molecule has 0 saturated heterocycles. The molecule has 3 aliphatic rings. The molecular weight excluding hydrogens is 343 g/mol. The van der Waals surface area contributed by atoms with Crippen molar-refractivity contribution in [3.05, 3.63) is 24.1 Å². The highest BCUT2D eigenvalue weighted by Crippen LogP contribution is 2.39. The van der Waals surface area contributed by atoms with Gasteiger partial charge in [-0.2, -0.15) is 0 Å². The summed E-state index contributed by atoms with van der Waals surface area (Å²) in [6.45, 7) is 4.85. The number of hydrogen-bond acceptors (Lipinski definition) is 0. The highest BCUT2D eigenvalue weighted by Gasteiger charge is 2.25. The summed E-state index contributed by atoms with van der Waals surface area (Å²) >= 11 is 0. The molecule has 0 aliphatic heterocycles. The summed E-state index contributed by atoms with van der Waals surface area (Å²) in [5.41, 5.74) is 1.72. The van der Waals surface area contributed by atoms with Crippen molar-refractivity contribution in [1.29, 1.82) is 0 Å². The molecule has 0 aromatic rings. The fraction of sp³-hybridized carbons (Fsp3) is 0.852. The minimum absolute atomic E-state index is 0.731. The van der Waals surface area contributed by atoms with Crippen LogP contribution in [0, 0.1) is 35.5 Å². The van der Waals surface area contributed by atoms with Crippen LogP contribution in [-0.4, -0.2) is 0 Å². The van der Waals surface area contributed by atoms with Crippen LogP contribution in [0.2, 0.25) is 0 Å². The maximum atomic E-state index is 12.2. The summed E-state index contributed by atoms with van der Waals surface area (Å²) < 4.78 is 12.2. The van der Waals surface area contributed by atoms with Crippen LogP contribution in [0.4, 0.5) is 4.39 Å². The molecule has 0 radical (unpaired) electrons. The summed E-state index contributed by atoms with van der Waals surface area (Å²) in [6, 6.07) is 0. The minimum Gasteiger partial charge on any atom is -0.216 e. The molecule has 3 fully saturated rings. The summed E-state index contributed by atoms with van der Waals surface area (Å²) in [5.74, 6) is 5.42. The van der Waals surface area contributed by atoms with Crippen molar-refractivity contribution < 1.29 is 4.39 Å². The van der Waals surface area contributed by atoms with Gasteiger partial charge in [0.1, 0.15) is 0 Å². The van der Waals surface area contributed by atoms with Crippen molar-refractivity contribution in [2.45, 2.75) is 110 Å². The minimum atomic E-state index is 0.731. The van der Waals surface area contributed by atoms with E-state index < -0.39 is 0 Å². The molecule has 3 aliphatic carbocycles. The molecule has 0 heterocycles.